The van der Waals surface area contributed by atoms with Crippen LogP contribution in [0.5, 0.6) is 0 Å². The van der Waals surface area contributed by atoms with Crippen LogP contribution in [-0.4, -0.2) is 11.8 Å². The number of rotatable bonds is 1. The molecule has 0 aliphatic heterocycles. The Labute approximate surface area is 38.1 Å². The molecule has 0 unspecified atom stereocenters. The van der Waals surface area contributed by atoms with Crippen molar-refractivity contribution in [2.45, 2.75) is 0 Å². The number of hydrogen-bond acceptors (Lipinski definition) is 1. The monoisotopic (exact) mass is 112 g/mol. The zero-order valence-electron chi connectivity index (χ0n) is 3.29. The van der Waals surface area contributed by atoms with Gasteiger partial charge in [-0.1, -0.05) is 0 Å². The van der Waals surface area contributed by atoms with Crippen molar-refractivity contribution in [1.29, 1.82) is 0 Å². The lowest BCUT2D eigenvalue weighted by Crippen LogP contribution is -1.82. The molecule has 0 atom stereocenters. The van der Waals surface area contributed by atoms with Gasteiger partial charge < -0.3 is 5.11 Å². The molecule has 0 spiro atoms. The van der Waals surface area contributed by atoms with Crippen molar-refractivity contribution < 1.29 is 18.3 Å². The first-order valence-electron chi connectivity index (χ1n) is 1.47. The maximum atomic E-state index is 10.8. The highest BCUT2D eigenvalue weighted by Gasteiger charge is 1.99. The molecule has 0 heterocycles. The first-order chi connectivity index (χ1) is 3.18. The molecule has 0 aromatic heterocycles. The highest BCUT2D eigenvalue weighted by atomic mass is 19.3. The highest BCUT2D eigenvalue weighted by Crippen LogP contribution is 2.02. The Morgan fingerprint density at radius 2 is 1.86 bits per heavy atom. The summed E-state index contributed by atoms with van der Waals surface area (Å²) in [7, 11) is 0. The van der Waals surface area contributed by atoms with Crippen molar-refractivity contribution in [3.05, 3.63) is 11.8 Å². The molecule has 0 rings (SSSR count). The SMILES string of the molecule is OC(CF)=C(F)F. The molecule has 42 valence electrons. The van der Waals surface area contributed by atoms with Gasteiger partial charge in [0, 0.05) is 0 Å². The van der Waals surface area contributed by atoms with E-state index in [2.05, 4.69) is 0 Å². The van der Waals surface area contributed by atoms with Crippen molar-refractivity contribution in [1.82, 2.24) is 0 Å². The van der Waals surface area contributed by atoms with E-state index in [1.54, 1.807) is 0 Å². The summed E-state index contributed by atoms with van der Waals surface area (Å²) in [4.78, 5) is 0. The van der Waals surface area contributed by atoms with Gasteiger partial charge in [-0.2, -0.15) is 8.78 Å². The normalized spacial score (nSPS) is 8.43. The maximum Gasteiger partial charge on any atom is 0.310 e. The molecule has 1 nitrogen and oxygen atoms in total. The quantitative estimate of drug-likeness (QED) is 0.511. The Morgan fingerprint density at radius 1 is 1.43 bits per heavy atom. The van der Waals surface area contributed by atoms with E-state index < -0.39 is 18.5 Å². The summed E-state index contributed by atoms with van der Waals surface area (Å²) in [6.07, 6.45) is -2.36. The van der Waals surface area contributed by atoms with E-state index in [9.17, 15) is 13.2 Å². The molecular weight excluding hydrogens is 109 g/mol. The molecule has 0 fully saturated rings. The van der Waals surface area contributed by atoms with Crippen LogP contribution in [0.3, 0.4) is 0 Å². The minimum absolute atomic E-state index is 1.49. The topological polar surface area (TPSA) is 20.2 Å². The van der Waals surface area contributed by atoms with Crippen LogP contribution in [0.4, 0.5) is 13.2 Å². The Balaban J connectivity index is 3.72. The lowest BCUT2D eigenvalue weighted by atomic mass is 10.6. The van der Waals surface area contributed by atoms with Gasteiger partial charge in [-0.3, -0.25) is 0 Å². The molecule has 0 saturated carbocycles. The predicted octanol–water partition coefficient (Wildman–Crippen LogP) is 1.62. The van der Waals surface area contributed by atoms with Gasteiger partial charge in [-0.25, -0.2) is 4.39 Å². The Hall–Kier alpha value is -0.670. The molecular formula is C3H3F3O. The highest BCUT2D eigenvalue weighted by molar-refractivity contribution is 4.89. The molecule has 0 aliphatic carbocycles. The molecule has 7 heavy (non-hydrogen) atoms. The summed E-state index contributed by atoms with van der Waals surface area (Å²) in [6, 6.07) is 0. The van der Waals surface area contributed by atoms with Crippen LogP contribution in [0.2, 0.25) is 0 Å². The molecule has 0 aromatic rings. The zero-order chi connectivity index (χ0) is 5.86. The average Bonchev–Trinajstić information content (AvgIpc) is 1.65. The van der Waals surface area contributed by atoms with Gasteiger partial charge in [0.25, 0.3) is 0 Å². The Bertz CT molecular complexity index is 84.2. The zero-order valence-corrected chi connectivity index (χ0v) is 3.29. The van der Waals surface area contributed by atoms with E-state index in [0.29, 0.717) is 0 Å². The van der Waals surface area contributed by atoms with Gasteiger partial charge in [0.1, 0.15) is 0 Å². The number of hydrogen-bond donors (Lipinski definition) is 1. The number of allylic oxidation sites excluding steroid dienone is 1. The standard InChI is InChI=1S/C3H3F3O/c4-1-2(7)3(5)6/h7H,1H2. The van der Waals surface area contributed by atoms with E-state index >= 15 is 0 Å². The van der Waals surface area contributed by atoms with Crippen LogP contribution in [-0.2, 0) is 0 Å². The van der Waals surface area contributed by atoms with Crippen molar-refractivity contribution in [2.75, 3.05) is 6.67 Å². The molecule has 1 N–H and O–H groups in total. The number of halogens is 3. The van der Waals surface area contributed by atoms with E-state index in [4.69, 9.17) is 5.11 Å². The van der Waals surface area contributed by atoms with E-state index in [1.165, 1.54) is 0 Å². The molecule has 0 aliphatic rings. The molecule has 4 heteroatoms. The Kier molecular flexibility index (Phi) is 2.26. The molecule has 0 aromatic carbocycles. The minimum Gasteiger partial charge on any atom is -0.505 e. The first-order valence-corrected chi connectivity index (χ1v) is 1.47. The Morgan fingerprint density at radius 3 is 1.86 bits per heavy atom. The van der Waals surface area contributed by atoms with Gasteiger partial charge >= 0.3 is 6.08 Å². The first kappa shape index (κ1) is 6.33. The minimum atomic E-state index is -2.36. The summed E-state index contributed by atoms with van der Waals surface area (Å²) in [5.74, 6) is -1.49. The fraction of sp³-hybridized carbons (Fsp3) is 0.333. The van der Waals surface area contributed by atoms with Crippen LogP contribution in [0.1, 0.15) is 0 Å². The summed E-state index contributed by atoms with van der Waals surface area (Å²) in [6.45, 7) is -1.50. The third-order valence-corrected chi connectivity index (χ3v) is 0.345. The maximum absolute atomic E-state index is 10.8. The fourth-order valence-corrected chi connectivity index (χ4v) is 0.0505. The van der Waals surface area contributed by atoms with Crippen molar-refractivity contribution in [3.63, 3.8) is 0 Å². The smallest absolute Gasteiger partial charge is 0.310 e. The van der Waals surface area contributed by atoms with Crippen molar-refractivity contribution in [3.8, 4) is 0 Å². The molecule has 0 radical (unpaired) electrons. The molecule has 0 saturated heterocycles. The van der Waals surface area contributed by atoms with Gasteiger partial charge in [-0.15, -0.1) is 0 Å². The van der Waals surface area contributed by atoms with Gasteiger partial charge in [-0.05, 0) is 0 Å². The number of alkyl halides is 1. The predicted molar refractivity (Wildman–Crippen MR) is 17.8 cm³/mol. The lowest BCUT2D eigenvalue weighted by molar-refractivity contribution is 0.280. The van der Waals surface area contributed by atoms with Gasteiger partial charge in [0.15, 0.2) is 12.4 Å². The molecule has 0 amide bonds. The summed E-state index contributed by atoms with van der Waals surface area (Å²) >= 11 is 0. The van der Waals surface area contributed by atoms with E-state index in [-0.39, 0.29) is 0 Å². The van der Waals surface area contributed by atoms with Gasteiger partial charge in [0.05, 0.1) is 0 Å². The van der Waals surface area contributed by atoms with Crippen molar-refractivity contribution >= 4 is 0 Å². The fourth-order valence-electron chi connectivity index (χ4n) is 0.0505. The van der Waals surface area contributed by atoms with Crippen LogP contribution >= 0.6 is 0 Å². The van der Waals surface area contributed by atoms with Crippen LogP contribution in [0.25, 0.3) is 0 Å². The van der Waals surface area contributed by atoms with Crippen molar-refractivity contribution in [2.24, 2.45) is 0 Å². The van der Waals surface area contributed by atoms with E-state index in [0.717, 1.165) is 0 Å². The van der Waals surface area contributed by atoms with Crippen LogP contribution in [0.15, 0.2) is 11.8 Å². The summed E-state index contributed by atoms with van der Waals surface area (Å²) in [5.41, 5.74) is 0. The number of aliphatic hydroxyl groups excluding tert-OH is 1. The number of aliphatic hydroxyl groups is 1. The van der Waals surface area contributed by atoms with Crippen LogP contribution in [0, 0.1) is 0 Å². The lowest BCUT2D eigenvalue weighted by Gasteiger charge is -1.83. The molecule has 0 bridgehead atoms. The third-order valence-electron chi connectivity index (χ3n) is 0.345. The summed E-state index contributed by atoms with van der Waals surface area (Å²) < 4.78 is 32.5. The largest absolute Gasteiger partial charge is 0.505 e. The van der Waals surface area contributed by atoms with E-state index in [1.807, 2.05) is 0 Å². The summed E-state index contributed by atoms with van der Waals surface area (Å²) in [5, 5.41) is 7.69. The second kappa shape index (κ2) is 2.49. The third kappa shape index (κ3) is 2.08. The second-order valence-electron chi connectivity index (χ2n) is 0.841. The van der Waals surface area contributed by atoms with Crippen LogP contribution < -0.4 is 0 Å². The van der Waals surface area contributed by atoms with Gasteiger partial charge in [0.2, 0.25) is 0 Å². The average molecular weight is 112 g/mol. The second-order valence-corrected chi connectivity index (χ2v) is 0.841.